The van der Waals surface area contributed by atoms with E-state index < -0.39 is 0 Å². The monoisotopic (exact) mass is 283 g/mol. The third-order valence-electron chi connectivity index (χ3n) is 2.71. The summed E-state index contributed by atoms with van der Waals surface area (Å²) in [5, 5.41) is 4.65. The minimum Gasteiger partial charge on any atom is -0.496 e. The van der Waals surface area contributed by atoms with Gasteiger partial charge in [0.25, 0.3) is 0 Å². The fraction of sp³-hybridized carbons (Fsp3) is 0.333. The van der Waals surface area contributed by atoms with Crippen molar-refractivity contribution in [2.75, 3.05) is 7.11 Å². The molecule has 4 nitrogen and oxygen atoms in total. The molecule has 0 aliphatic carbocycles. The summed E-state index contributed by atoms with van der Waals surface area (Å²) in [7, 11) is 1.64. The molecule has 1 atom stereocenters. The van der Waals surface area contributed by atoms with E-state index in [1.165, 1.54) is 11.5 Å². The summed E-state index contributed by atoms with van der Waals surface area (Å²) < 4.78 is 9.21. The summed E-state index contributed by atoms with van der Waals surface area (Å²) in [6.07, 6.45) is 0.647. The Morgan fingerprint density at radius 2 is 2.28 bits per heavy atom. The van der Waals surface area contributed by atoms with E-state index >= 15 is 0 Å². The van der Waals surface area contributed by atoms with Crippen LogP contribution in [-0.4, -0.2) is 16.7 Å². The van der Waals surface area contributed by atoms with Gasteiger partial charge < -0.3 is 10.5 Å². The molecule has 0 saturated heterocycles. The Morgan fingerprint density at radius 3 is 2.89 bits per heavy atom. The Balaban J connectivity index is 2.23. The van der Waals surface area contributed by atoms with Gasteiger partial charge in [-0.1, -0.05) is 16.1 Å². The van der Waals surface area contributed by atoms with Crippen LogP contribution < -0.4 is 10.5 Å². The van der Waals surface area contributed by atoms with Crippen molar-refractivity contribution in [3.63, 3.8) is 0 Å². The van der Waals surface area contributed by atoms with Crippen LogP contribution in [0.1, 0.15) is 22.2 Å². The average Bonchev–Trinajstić information content (AvgIpc) is 2.76. The van der Waals surface area contributed by atoms with Crippen molar-refractivity contribution in [1.82, 2.24) is 9.59 Å². The number of nitrogens with zero attached hydrogens (tertiary/aromatic N) is 2. The normalized spacial score (nSPS) is 12.4. The molecule has 0 aliphatic rings. The van der Waals surface area contributed by atoms with E-state index in [1.54, 1.807) is 13.2 Å². The highest BCUT2D eigenvalue weighted by Crippen LogP contribution is 2.28. The highest BCUT2D eigenvalue weighted by Gasteiger charge is 2.16. The van der Waals surface area contributed by atoms with Crippen LogP contribution in [-0.2, 0) is 6.42 Å². The molecule has 6 heteroatoms. The zero-order chi connectivity index (χ0) is 13.1. The first-order chi connectivity index (χ1) is 8.61. The Morgan fingerprint density at radius 1 is 1.50 bits per heavy atom. The fourth-order valence-electron chi connectivity index (χ4n) is 1.81. The first-order valence-electron chi connectivity index (χ1n) is 5.48. The summed E-state index contributed by atoms with van der Waals surface area (Å²) in [6, 6.07) is 5.39. The number of methoxy groups -OCH3 is 1. The van der Waals surface area contributed by atoms with Crippen LogP contribution in [0.2, 0.25) is 5.02 Å². The third-order valence-corrected chi connectivity index (χ3v) is 3.90. The van der Waals surface area contributed by atoms with Crippen LogP contribution >= 0.6 is 23.1 Å². The van der Waals surface area contributed by atoms with Gasteiger partial charge in [0.1, 0.15) is 5.75 Å². The topological polar surface area (TPSA) is 61.0 Å². The number of halogens is 1. The lowest BCUT2D eigenvalue weighted by Crippen LogP contribution is -2.13. The molecule has 0 amide bonds. The van der Waals surface area contributed by atoms with Crippen LogP contribution in [0, 0.1) is 6.92 Å². The predicted molar refractivity (Wildman–Crippen MR) is 73.3 cm³/mol. The second-order valence-electron chi connectivity index (χ2n) is 3.99. The summed E-state index contributed by atoms with van der Waals surface area (Å²) in [5.74, 6) is 0.796. The molecule has 0 saturated carbocycles. The van der Waals surface area contributed by atoms with E-state index in [4.69, 9.17) is 22.1 Å². The lowest BCUT2D eigenvalue weighted by Gasteiger charge is -2.13. The third kappa shape index (κ3) is 2.80. The second-order valence-corrected chi connectivity index (χ2v) is 5.21. The molecule has 0 bridgehead atoms. The lowest BCUT2D eigenvalue weighted by atomic mass is 10.0. The summed E-state index contributed by atoms with van der Waals surface area (Å²) >= 11 is 7.33. The summed E-state index contributed by atoms with van der Waals surface area (Å²) in [5.41, 5.74) is 8.05. The van der Waals surface area contributed by atoms with Gasteiger partial charge in [-0.15, -0.1) is 5.10 Å². The summed E-state index contributed by atoms with van der Waals surface area (Å²) in [6.45, 7) is 1.91. The first-order valence-corrected chi connectivity index (χ1v) is 6.63. The lowest BCUT2D eigenvalue weighted by molar-refractivity contribution is 0.408. The van der Waals surface area contributed by atoms with E-state index in [1.807, 2.05) is 19.1 Å². The van der Waals surface area contributed by atoms with Gasteiger partial charge in [-0.05, 0) is 48.6 Å². The number of hydrogen-bond acceptors (Lipinski definition) is 5. The number of nitrogens with two attached hydrogens (primary N) is 1. The predicted octanol–water partition coefficient (Wildman–Crippen LogP) is 2.75. The molecule has 0 aliphatic heterocycles. The van der Waals surface area contributed by atoms with Crippen molar-refractivity contribution < 1.29 is 4.74 Å². The maximum Gasteiger partial charge on any atom is 0.122 e. The highest BCUT2D eigenvalue weighted by molar-refractivity contribution is 7.05. The van der Waals surface area contributed by atoms with Crippen LogP contribution in [0.3, 0.4) is 0 Å². The fourth-order valence-corrected chi connectivity index (χ4v) is 2.65. The number of aryl methyl sites for hydroxylation is 1. The van der Waals surface area contributed by atoms with Gasteiger partial charge in [0, 0.05) is 11.1 Å². The van der Waals surface area contributed by atoms with Crippen LogP contribution in [0.5, 0.6) is 5.75 Å². The van der Waals surface area contributed by atoms with Crippen molar-refractivity contribution in [3.8, 4) is 5.75 Å². The zero-order valence-corrected chi connectivity index (χ0v) is 11.8. The zero-order valence-electron chi connectivity index (χ0n) is 10.2. The summed E-state index contributed by atoms with van der Waals surface area (Å²) in [4.78, 5) is 0.997. The molecule has 0 fully saturated rings. The van der Waals surface area contributed by atoms with Gasteiger partial charge in [0.2, 0.25) is 0 Å². The molecule has 0 radical (unpaired) electrons. The molecule has 2 rings (SSSR count). The SMILES string of the molecule is COc1ccc(Cl)cc1CC(N)c1snnc1C. The molecule has 1 aromatic heterocycles. The van der Waals surface area contributed by atoms with E-state index in [0.717, 1.165) is 21.9 Å². The van der Waals surface area contributed by atoms with E-state index in [2.05, 4.69) is 9.59 Å². The minimum absolute atomic E-state index is 0.141. The standard InChI is InChI=1S/C12H14ClN3OS/c1-7-12(18-16-15-7)10(14)6-8-5-9(13)3-4-11(8)17-2/h3-5,10H,6,14H2,1-2H3. The number of ether oxygens (including phenoxy) is 1. The van der Waals surface area contributed by atoms with E-state index in [0.29, 0.717) is 11.4 Å². The van der Waals surface area contributed by atoms with Gasteiger partial charge >= 0.3 is 0 Å². The van der Waals surface area contributed by atoms with Crippen molar-refractivity contribution in [2.24, 2.45) is 5.73 Å². The average molecular weight is 284 g/mol. The molecule has 1 aromatic carbocycles. The maximum absolute atomic E-state index is 6.18. The number of aromatic nitrogens is 2. The van der Waals surface area contributed by atoms with E-state index in [9.17, 15) is 0 Å². The van der Waals surface area contributed by atoms with E-state index in [-0.39, 0.29) is 6.04 Å². The quantitative estimate of drug-likeness (QED) is 0.937. The van der Waals surface area contributed by atoms with Crippen molar-refractivity contribution in [3.05, 3.63) is 39.4 Å². The molecule has 0 spiro atoms. The Kier molecular flexibility index (Phi) is 4.16. The van der Waals surface area contributed by atoms with Crippen LogP contribution in [0.4, 0.5) is 0 Å². The number of rotatable bonds is 4. The molecule has 96 valence electrons. The van der Waals surface area contributed by atoms with Crippen molar-refractivity contribution in [1.29, 1.82) is 0 Å². The second kappa shape index (κ2) is 5.65. The molecule has 1 heterocycles. The largest absolute Gasteiger partial charge is 0.496 e. The van der Waals surface area contributed by atoms with Gasteiger partial charge in [-0.25, -0.2) is 0 Å². The smallest absolute Gasteiger partial charge is 0.122 e. The van der Waals surface area contributed by atoms with Gasteiger partial charge in [0.15, 0.2) is 0 Å². The van der Waals surface area contributed by atoms with Crippen LogP contribution in [0.15, 0.2) is 18.2 Å². The molecule has 2 aromatic rings. The van der Waals surface area contributed by atoms with Crippen molar-refractivity contribution >= 4 is 23.1 Å². The first kappa shape index (κ1) is 13.3. The Hall–Kier alpha value is -1.17. The molecular weight excluding hydrogens is 270 g/mol. The molecule has 1 unspecified atom stereocenters. The molecule has 18 heavy (non-hydrogen) atoms. The highest BCUT2D eigenvalue weighted by atomic mass is 35.5. The van der Waals surface area contributed by atoms with Gasteiger partial charge in [0.05, 0.1) is 17.7 Å². The molecular formula is C12H14ClN3OS. The number of hydrogen-bond donors (Lipinski definition) is 1. The number of benzene rings is 1. The van der Waals surface area contributed by atoms with Gasteiger partial charge in [-0.2, -0.15) is 0 Å². The maximum atomic E-state index is 6.18. The van der Waals surface area contributed by atoms with Gasteiger partial charge in [-0.3, -0.25) is 0 Å². The van der Waals surface area contributed by atoms with Crippen molar-refractivity contribution in [2.45, 2.75) is 19.4 Å². The Bertz CT molecular complexity index is 544. The van der Waals surface area contributed by atoms with Crippen LogP contribution in [0.25, 0.3) is 0 Å². The Labute approximate surface area is 115 Å². The minimum atomic E-state index is -0.141. The molecule has 2 N–H and O–H groups in total.